The Morgan fingerprint density at radius 3 is 2.02 bits per heavy atom. The summed E-state index contributed by atoms with van der Waals surface area (Å²) in [7, 11) is -2.30. The number of anilines is 1. The van der Waals surface area contributed by atoms with Crippen LogP contribution in [0.2, 0.25) is 5.02 Å². The van der Waals surface area contributed by atoms with E-state index in [2.05, 4.69) is 17.4 Å². The zero-order valence-corrected chi connectivity index (χ0v) is 27.6. The summed E-state index contributed by atoms with van der Waals surface area (Å²) in [5.74, 6) is 1.57. The number of nitrogens with zero attached hydrogens (tertiary/aromatic N) is 2. The van der Waals surface area contributed by atoms with Crippen molar-refractivity contribution in [1.82, 2.24) is 10.2 Å². The second kappa shape index (κ2) is 12.8. The molecule has 0 radical (unpaired) electrons. The van der Waals surface area contributed by atoms with Crippen LogP contribution in [0, 0.1) is 17.8 Å². The predicted octanol–water partition coefficient (Wildman–Crippen LogP) is 5.96. The third-order valence-corrected chi connectivity index (χ3v) is 11.8. The summed E-state index contributed by atoms with van der Waals surface area (Å²) >= 11 is 6.51. The van der Waals surface area contributed by atoms with Gasteiger partial charge in [-0.3, -0.25) is 13.9 Å². The van der Waals surface area contributed by atoms with Crippen molar-refractivity contribution in [2.45, 2.75) is 62.9 Å². The van der Waals surface area contributed by atoms with E-state index >= 15 is 0 Å². The van der Waals surface area contributed by atoms with Gasteiger partial charge in [0.05, 0.1) is 11.9 Å². The molecule has 1 atom stereocenters. The van der Waals surface area contributed by atoms with Crippen molar-refractivity contribution in [3.63, 3.8) is 0 Å². The molecular weight excluding hydrogens is 606 g/mol. The third-order valence-electron chi connectivity index (χ3n) is 10.3. The molecule has 7 nitrogen and oxygen atoms in total. The number of amides is 2. The van der Waals surface area contributed by atoms with E-state index < -0.39 is 28.5 Å². The monoisotopic (exact) mass is 647 g/mol. The first-order valence-electron chi connectivity index (χ1n) is 15.9. The van der Waals surface area contributed by atoms with Gasteiger partial charge in [0, 0.05) is 25.0 Å². The molecule has 4 aliphatic rings. The number of sulfonamides is 1. The number of halogens is 1. The van der Waals surface area contributed by atoms with E-state index in [1.807, 2.05) is 54.6 Å². The highest BCUT2D eigenvalue weighted by molar-refractivity contribution is 7.92. The maximum Gasteiger partial charge on any atom is 0.244 e. The highest BCUT2D eigenvalue weighted by atomic mass is 35.5. The van der Waals surface area contributed by atoms with Gasteiger partial charge in [-0.2, -0.15) is 0 Å². The highest BCUT2D eigenvalue weighted by Gasteiger charge is 2.51. The largest absolute Gasteiger partial charge is 0.357 e. The number of carbonyl (C=O) groups excluding carboxylic acids is 2. The van der Waals surface area contributed by atoms with E-state index in [0.29, 0.717) is 16.3 Å². The molecule has 0 spiro atoms. The van der Waals surface area contributed by atoms with Gasteiger partial charge in [-0.05, 0) is 96.6 Å². The molecule has 1 N–H and O–H groups in total. The lowest BCUT2D eigenvalue weighted by Gasteiger charge is -2.57. The van der Waals surface area contributed by atoms with Crippen molar-refractivity contribution in [1.29, 1.82) is 0 Å². The molecule has 4 fully saturated rings. The molecular formula is C36H42ClN3O4S. The van der Waals surface area contributed by atoms with Crippen LogP contribution in [0.3, 0.4) is 0 Å². The van der Waals surface area contributed by atoms with Crippen LogP contribution >= 0.6 is 11.6 Å². The standard InChI is InChI=1S/C36H42ClN3O4S/c1-38-35(42)33(19-25-8-4-3-5-9-25)39(23-29-10-6-7-11-32(29)37)34(41)24-40(45(2,43)44)31-14-12-30(13-15-31)36-20-26-16-27(21-36)18-28(17-26)22-36/h3-15,26-28,33H,16-24H2,1-2H3,(H,38,42)/t26?,27?,28?,33-,36?/m1/s1. The Bertz CT molecular complexity index is 1610. The van der Waals surface area contributed by atoms with Crippen LogP contribution in [0.4, 0.5) is 5.69 Å². The first-order valence-corrected chi connectivity index (χ1v) is 18.1. The molecule has 9 heteroatoms. The SMILES string of the molecule is CNC(=O)[C@@H](Cc1ccccc1)N(Cc1ccccc1Cl)C(=O)CN(c1ccc(C23CC4CC(CC(C4)C2)C3)cc1)S(C)(=O)=O. The fourth-order valence-corrected chi connectivity index (χ4v) is 9.63. The van der Waals surface area contributed by atoms with Crippen molar-refractivity contribution in [2.24, 2.45) is 17.8 Å². The first kappa shape index (κ1) is 31.6. The maximum absolute atomic E-state index is 14.2. The maximum atomic E-state index is 14.2. The van der Waals surface area contributed by atoms with Gasteiger partial charge < -0.3 is 10.2 Å². The molecule has 3 aromatic rings. The number of benzene rings is 3. The molecule has 45 heavy (non-hydrogen) atoms. The summed E-state index contributed by atoms with van der Waals surface area (Å²) in [5, 5.41) is 3.16. The molecule has 4 bridgehead atoms. The van der Waals surface area contributed by atoms with Crippen LogP contribution in [0.5, 0.6) is 0 Å². The Labute approximate surface area is 272 Å². The van der Waals surface area contributed by atoms with Crippen molar-refractivity contribution in [3.05, 3.63) is 101 Å². The van der Waals surface area contributed by atoms with E-state index in [1.165, 1.54) is 56.0 Å². The zero-order chi connectivity index (χ0) is 31.8. The Morgan fingerprint density at radius 2 is 1.47 bits per heavy atom. The van der Waals surface area contributed by atoms with Crippen LogP contribution in [0.1, 0.15) is 55.2 Å². The first-order chi connectivity index (χ1) is 21.5. The lowest BCUT2D eigenvalue weighted by atomic mass is 9.48. The minimum Gasteiger partial charge on any atom is -0.357 e. The van der Waals surface area contributed by atoms with Crippen molar-refractivity contribution in [2.75, 3.05) is 24.2 Å². The van der Waals surface area contributed by atoms with E-state index in [9.17, 15) is 18.0 Å². The minimum absolute atomic E-state index is 0.0476. The highest BCUT2D eigenvalue weighted by Crippen LogP contribution is 2.60. The van der Waals surface area contributed by atoms with Crippen LogP contribution in [-0.2, 0) is 38.0 Å². The number of likely N-dealkylation sites (N-methyl/N-ethyl adjacent to an activating group) is 1. The second-order valence-corrected chi connectivity index (χ2v) is 15.8. The molecule has 238 valence electrons. The molecule has 7 rings (SSSR count). The normalized spacial score (nSPS) is 24.2. The summed E-state index contributed by atoms with van der Waals surface area (Å²) in [6, 6.07) is 23.6. The van der Waals surface area contributed by atoms with E-state index in [-0.39, 0.29) is 24.3 Å². The average Bonchev–Trinajstić information content (AvgIpc) is 3.01. The van der Waals surface area contributed by atoms with Crippen LogP contribution in [0.25, 0.3) is 0 Å². The number of rotatable bonds is 11. The zero-order valence-electron chi connectivity index (χ0n) is 26.0. The van der Waals surface area contributed by atoms with Crippen molar-refractivity contribution >= 4 is 39.1 Å². The lowest BCUT2D eigenvalue weighted by Crippen LogP contribution is -2.53. The summed E-state index contributed by atoms with van der Waals surface area (Å²) in [6.07, 6.45) is 9.08. The molecule has 0 aliphatic heterocycles. The van der Waals surface area contributed by atoms with Crippen LogP contribution < -0.4 is 9.62 Å². The number of hydrogen-bond donors (Lipinski definition) is 1. The topological polar surface area (TPSA) is 86.8 Å². The molecule has 0 aromatic heterocycles. The summed E-state index contributed by atoms with van der Waals surface area (Å²) in [4.78, 5) is 29.0. The Hall–Kier alpha value is -3.36. The summed E-state index contributed by atoms with van der Waals surface area (Å²) in [5.41, 5.74) is 3.45. The minimum atomic E-state index is -3.84. The quantitative estimate of drug-likeness (QED) is 0.278. The number of carbonyl (C=O) groups is 2. The van der Waals surface area contributed by atoms with Gasteiger partial charge >= 0.3 is 0 Å². The summed E-state index contributed by atoms with van der Waals surface area (Å²) in [6.45, 7) is -0.395. The van der Waals surface area contributed by atoms with Gasteiger partial charge in [0.15, 0.2) is 0 Å². The van der Waals surface area contributed by atoms with Crippen LogP contribution in [0.15, 0.2) is 78.9 Å². The molecule has 0 saturated heterocycles. The summed E-state index contributed by atoms with van der Waals surface area (Å²) < 4.78 is 27.6. The predicted molar refractivity (Wildman–Crippen MR) is 178 cm³/mol. The van der Waals surface area contributed by atoms with Gasteiger partial charge in [-0.25, -0.2) is 8.42 Å². The molecule has 3 aromatic carbocycles. The molecule has 2 amide bonds. The number of nitrogens with one attached hydrogen (secondary N) is 1. The second-order valence-electron chi connectivity index (χ2n) is 13.4. The van der Waals surface area contributed by atoms with E-state index in [1.54, 1.807) is 12.1 Å². The average molecular weight is 648 g/mol. The fraction of sp³-hybridized carbons (Fsp3) is 0.444. The molecule has 0 heterocycles. The Morgan fingerprint density at radius 1 is 0.889 bits per heavy atom. The van der Waals surface area contributed by atoms with Crippen molar-refractivity contribution < 1.29 is 18.0 Å². The lowest BCUT2D eigenvalue weighted by molar-refractivity contribution is -0.139. The number of hydrogen-bond acceptors (Lipinski definition) is 4. The molecule has 0 unspecified atom stereocenters. The van der Waals surface area contributed by atoms with Crippen LogP contribution in [-0.4, -0.2) is 51.0 Å². The van der Waals surface area contributed by atoms with Gasteiger partial charge in [0.25, 0.3) is 0 Å². The van der Waals surface area contributed by atoms with E-state index in [0.717, 1.165) is 33.9 Å². The fourth-order valence-electron chi connectivity index (χ4n) is 8.59. The van der Waals surface area contributed by atoms with Crippen molar-refractivity contribution in [3.8, 4) is 0 Å². The molecule has 4 saturated carbocycles. The van der Waals surface area contributed by atoms with Gasteiger partial charge in [-0.15, -0.1) is 0 Å². The van der Waals surface area contributed by atoms with E-state index in [4.69, 9.17) is 11.6 Å². The van der Waals surface area contributed by atoms with Gasteiger partial charge in [0.1, 0.15) is 12.6 Å². The Kier molecular flexibility index (Phi) is 8.99. The Balaban J connectivity index is 1.30. The third kappa shape index (κ3) is 6.77. The smallest absolute Gasteiger partial charge is 0.244 e. The van der Waals surface area contributed by atoms with Gasteiger partial charge in [0.2, 0.25) is 21.8 Å². The van der Waals surface area contributed by atoms with Gasteiger partial charge in [-0.1, -0.05) is 72.3 Å². The molecule has 4 aliphatic carbocycles.